The molecular weight excluding hydrogens is 190 g/mol. The molecule has 0 bridgehead atoms. The molecule has 0 spiro atoms. The van der Waals surface area contributed by atoms with Gasteiger partial charge in [0.05, 0.1) is 0 Å². The normalized spacial score (nSPS) is 16.8. The van der Waals surface area contributed by atoms with Gasteiger partial charge in [-0.25, -0.2) is 0 Å². The fourth-order valence-electron chi connectivity index (χ4n) is 1.86. The van der Waals surface area contributed by atoms with E-state index in [2.05, 4.69) is 10.2 Å². The highest BCUT2D eigenvalue weighted by atomic mass is 16.1. The van der Waals surface area contributed by atoms with Gasteiger partial charge in [0.25, 0.3) is 5.56 Å². The van der Waals surface area contributed by atoms with Crippen molar-refractivity contribution >= 4 is 5.69 Å². The molecule has 0 amide bonds. The number of nitrogens with one attached hydrogen (secondary N) is 1. The van der Waals surface area contributed by atoms with Crippen LogP contribution in [0.2, 0.25) is 0 Å². The van der Waals surface area contributed by atoms with Gasteiger partial charge in [-0.15, -0.1) is 0 Å². The van der Waals surface area contributed by atoms with Gasteiger partial charge in [-0.05, 0) is 19.1 Å². The molecule has 1 aromatic rings. The van der Waals surface area contributed by atoms with Crippen LogP contribution in [0.4, 0.5) is 5.69 Å². The number of hydrogen-bond acceptors (Lipinski definition) is 3. The molecular formula is C11H17N3O. The first-order chi connectivity index (χ1) is 7.20. The Morgan fingerprint density at radius 3 is 2.60 bits per heavy atom. The predicted octanol–water partition coefficient (Wildman–Crippen LogP) is 0.103. The minimum absolute atomic E-state index is 0.108. The maximum Gasteiger partial charge on any atom is 0.274 e. The van der Waals surface area contributed by atoms with Crippen molar-refractivity contribution in [1.82, 2.24) is 9.88 Å². The number of piperazine rings is 1. The second-order valence-corrected chi connectivity index (χ2v) is 3.96. The minimum atomic E-state index is 0.108. The summed E-state index contributed by atoms with van der Waals surface area (Å²) in [6, 6.07) is 3.93. The Morgan fingerprint density at radius 1 is 1.27 bits per heavy atom. The second-order valence-electron chi connectivity index (χ2n) is 3.96. The van der Waals surface area contributed by atoms with Gasteiger partial charge in [0.15, 0.2) is 0 Å². The maximum absolute atomic E-state index is 12.0. The van der Waals surface area contributed by atoms with Crippen molar-refractivity contribution in [1.29, 1.82) is 0 Å². The number of hydrogen-bond donors (Lipinski definition) is 1. The van der Waals surface area contributed by atoms with Gasteiger partial charge in [-0.3, -0.25) is 4.79 Å². The van der Waals surface area contributed by atoms with E-state index in [1.54, 1.807) is 4.57 Å². The first-order valence-corrected chi connectivity index (χ1v) is 5.32. The van der Waals surface area contributed by atoms with E-state index in [0.717, 1.165) is 37.6 Å². The molecule has 2 heterocycles. The molecule has 0 radical (unpaired) electrons. The van der Waals surface area contributed by atoms with Gasteiger partial charge in [0.2, 0.25) is 0 Å². The van der Waals surface area contributed by atoms with Gasteiger partial charge in [0.1, 0.15) is 5.69 Å². The zero-order valence-corrected chi connectivity index (χ0v) is 9.29. The number of anilines is 1. The van der Waals surface area contributed by atoms with E-state index in [-0.39, 0.29) is 5.56 Å². The van der Waals surface area contributed by atoms with Crippen LogP contribution in [0.1, 0.15) is 5.69 Å². The Hall–Kier alpha value is -1.29. The van der Waals surface area contributed by atoms with Crippen molar-refractivity contribution in [3.05, 3.63) is 28.2 Å². The lowest BCUT2D eigenvalue weighted by molar-refractivity contribution is 0.585. The van der Waals surface area contributed by atoms with E-state index in [0.29, 0.717) is 0 Å². The third-order valence-corrected chi connectivity index (χ3v) is 2.99. The minimum Gasteiger partial charge on any atom is -0.365 e. The summed E-state index contributed by atoms with van der Waals surface area (Å²) in [4.78, 5) is 14.1. The maximum atomic E-state index is 12.0. The zero-order chi connectivity index (χ0) is 10.8. The van der Waals surface area contributed by atoms with Crippen molar-refractivity contribution in [3.8, 4) is 0 Å². The highest BCUT2D eigenvalue weighted by molar-refractivity contribution is 5.45. The Bertz CT molecular complexity index is 405. The van der Waals surface area contributed by atoms with Crippen LogP contribution in [0.5, 0.6) is 0 Å². The standard InChI is InChI=1S/C11H17N3O/c1-9-3-4-10(11(15)13(9)2)14-7-5-12-6-8-14/h3-4,12H,5-8H2,1-2H3. The first kappa shape index (κ1) is 10.2. The van der Waals surface area contributed by atoms with Crippen LogP contribution in [-0.2, 0) is 7.05 Å². The smallest absolute Gasteiger partial charge is 0.274 e. The average Bonchev–Trinajstić information content (AvgIpc) is 2.27. The summed E-state index contributed by atoms with van der Waals surface area (Å²) in [6.07, 6.45) is 0. The van der Waals surface area contributed by atoms with Crippen LogP contribution < -0.4 is 15.8 Å². The Kier molecular flexibility index (Phi) is 2.77. The Morgan fingerprint density at radius 2 is 1.93 bits per heavy atom. The summed E-state index contributed by atoms with van der Waals surface area (Å²) >= 11 is 0. The fourth-order valence-corrected chi connectivity index (χ4v) is 1.86. The number of aromatic nitrogens is 1. The van der Waals surface area contributed by atoms with Crippen LogP contribution in [-0.4, -0.2) is 30.7 Å². The third-order valence-electron chi connectivity index (χ3n) is 2.99. The molecule has 0 atom stereocenters. The Labute approximate surface area is 89.5 Å². The van der Waals surface area contributed by atoms with Crippen molar-refractivity contribution in [2.75, 3.05) is 31.1 Å². The molecule has 0 aromatic carbocycles. The van der Waals surface area contributed by atoms with Crippen molar-refractivity contribution in [3.63, 3.8) is 0 Å². The molecule has 1 aliphatic heterocycles. The average molecular weight is 207 g/mol. The largest absolute Gasteiger partial charge is 0.365 e. The number of aryl methyl sites for hydroxylation is 1. The topological polar surface area (TPSA) is 37.3 Å². The molecule has 15 heavy (non-hydrogen) atoms. The molecule has 1 aromatic heterocycles. The molecule has 1 aliphatic rings. The lowest BCUT2D eigenvalue weighted by Crippen LogP contribution is -2.45. The highest BCUT2D eigenvalue weighted by Crippen LogP contribution is 2.09. The van der Waals surface area contributed by atoms with E-state index in [1.807, 2.05) is 26.1 Å². The van der Waals surface area contributed by atoms with Crippen LogP contribution in [0.3, 0.4) is 0 Å². The molecule has 1 fully saturated rings. The lowest BCUT2D eigenvalue weighted by Gasteiger charge is -2.29. The summed E-state index contributed by atoms with van der Waals surface area (Å²) in [5, 5.41) is 3.28. The van der Waals surface area contributed by atoms with Crippen LogP contribution in [0.25, 0.3) is 0 Å². The first-order valence-electron chi connectivity index (χ1n) is 5.32. The van der Waals surface area contributed by atoms with Crippen molar-refractivity contribution in [2.24, 2.45) is 7.05 Å². The van der Waals surface area contributed by atoms with E-state index in [4.69, 9.17) is 0 Å². The summed E-state index contributed by atoms with van der Waals surface area (Å²) in [5.41, 5.74) is 1.93. The van der Waals surface area contributed by atoms with Crippen LogP contribution >= 0.6 is 0 Å². The number of pyridine rings is 1. The number of rotatable bonds is 1. The summed E-state index contributed by atoms with van der Waals surface area (Å²) in [6.45, 7) is 5.69. The molecule has 82 valence electrons. The molecule has 4 heteroatoms. The van der Waals surface area contributed by atoms with Crippen LogP contribution in [0, 0.1) is 6.92 Å². The molecule has 2 rings (SSSR count). The highest BCUT2D eigenvalue weighted by Gasteiger charge is 2.14. The van der Waals surface area contributed by atoms with Gasteiger partial charge in [-0.2, -0.15) is 0 Å². The fraction of sp³-hybridized carbons (Fsp3) is 0.545. The van der Waals surface area contributed by atoms with E-state index >= 15 is 0 Å². The third kappa shape index (κ3) is 1.90. The van der Waals surface area contributed by atoms with Gasteiger partial charge in [-0.1, -0.05) is 0 Å². The van der Waals surface area contributed by atoms with Gasteiger partial charge in [0, 0.05) is 38.9 Å². The number of nitrogens with zero attached hydrogens (tertiary/aromatic N) is 2. The summed E-state index contributed by atoms with van der Waals surface area (Å²) in [7, 11) is 1.82. The van der Waals surface area contributed by atoms with E-state index < -0.39 is 0 Å². The summed E-state index contributed by atoms with van der Waals surface area (Å²) < 4.78 is 1.71. The molecule has 0 aliphatic carbocycles. The molecule has 1 N–H and O–H groups in total. The monoisotopic (exact) mass is 207 g/mol. The quantitative estimate of drug-likeness (QED) is 0.710. The molecule has 0 unspecified atom stereocenters. The van der Waals surface area contributed by atoms with Crippen molar-refractivity contribution < 1.29 is 0 Å². The summed E-state index contributed by atoms with van der Waals surface area (Å²) in [5.74, 6) is 0. The van der Waals surface area contributed by atoms with Gasteiger partial charge < -0.3 is 14.8 Å². The molecule has 1 saturated heterocycles. The predicted molar refractivity (Wildman–Crippen MR) is 61.5 cm³/mol. The molecule has 0 saturated carbocycles. The second kappa shape index (κ2) is 4.06. The van der Waals surface area contributed by atoms with E-state index in [1.165, 1.54) is 0 Å². The zero-order valence-electron chi connectivity index (χ0n) is 9.29. The van der Waals surface area contributed by atoms with Crippen molar-refractivity contribution in [2.45, 2.75) is 6.92 Å². The van der Waals surface area contributed by atoms with E-state index in [9.17, 15) is 4.79 Å². The molecule has 4 nitrogen and oxygen atoms in total. The Balaban J connectivity index is 2.35. The SMILES string of the molecule is Cc1ccc(N2CCNCC2)c(=O)n1C. The van der Waals surface area contributed by atoms with Crippen LogP contribution in [0.15, 0.2) is 16.9 Å². The van der Waals surface area contributed by atoms with Gasteiger partial charge >= 0.3 is 0 Å². The lowest BCUT2D eigenvalue weighted by atomic mass is 10.2.